The Bertz CT molecular complexity index is 1050. The lowest BCUT2D eigenvalue weighted by molar-refractivity contribution is -0.122. The zero-order valence-electron chi connectivity index (χ0n) is 18.5. The van der Waals surface area contributed by atoms with E-state index in [0.717, 1.165) is 55.1 Å². The van der Waals surface area contributed by atoms with Crippen LogP contribution in [0.2, 0.25) is 0 Å². The number of likely N-dealkylation sites (tertiary alicyclic amines) is 1. The molecule has 2 aliphatic rings. The quantitative estimate of drug-likeness (QED) is 0.586. The Labute approximate surface area is 193 Å². The van der Waals surface area contributed by atoms with Crippen molar-refractivity contribution in [2.24, 2.45) is 5.92 Å². The van der Waals surface area contributed by atoms with E-state index in [1.165, 1.54) is 37.1 Å². The average molecular weight is 450 g/mol. The standard InChI is InChI=1S/C25H31N5OS/c31-22(26-10-14-29-11-4-5-12-29)15-19-7-6-13-30(16-19)24-23-21(20-8-2-1-3-9-20)17-32-25(23)28-18-27-24/h1-3,8-9,17-19H,4-7,10-16H2,(H,26,31). The highest BCUT2D eigenvalue weighted by molar-refractivity contribution is 7.17. The number of aromatic nitrogens is 2. The predicted molar refractivity (Wildman–Crippen MR) is 131 cm³/mol. The first kappa shape index (κ1) is 21.3. The Kier molecular flexibility index (Phi) is 6.64. The van der Waals surface area contributed by atoms with Gasteiger partial charge in [-0.05, 0) is 50.3 Å². The molecule has 1 unspecified atom stereocenters. The normalized spacial score (nSPS) is 19.5. The fourth-order valence-corrected chi connectivity index (χ4v) is 5.96. The Morgan fingerprint density at radius 2 is 1.94 bits per heavy atom. The van der Waals surface area contributed by atoms with Crippen LogP contribution < -0.4 is 10.2 Å². The summed E-state index contributed by atoms with van der Waals surface area (Å²) in [7, 11) is 0. The molecule has 3 aromatic rings. The van der Waals surface area contributed by atoms with E-state index < -0.39 is 0 Å². The SMILES string of the molecule is O=C(CC1CCCN(c2ncnc3scc(-c4ccccc4)c23)C1)NCCN1CCCC1. The van der Waals surface area contributed by atoms with Gasteiger partial charge in [0.1, 0.15) is 17.0 Å². The molecule has 1 amide bonds. The first-order valence-corrected chi connectivity index (χ1v) is 12.7. The average Bonchev–Trinajstić information content (AvgIpc) is 3.50. The lowest BCUT2D eigenvalue weighted by Gasteiger charge is -2.33. The number of carbonyl (C=O) groups excluding carboxylic acids is 1. The number of nitrogens with one attached hydrogen (secondary N) is 1. The zero-order chi connectivity index (χ0) is 21.8. The molecular formula is C25H31N5OS. The molecule has 6 nitrogen and oxygen atoms in total. The molecule has 0 bridgehead atoms. The highest BCUT2D eigenvalue weighted by Crippen LogP contribution is 2.39. The Hall–Kier alpha value is -2.51. The third kappa shape index (κ3) is 4.79. The van der Waals surface area contributed by atoms with E-state index in [0.29, 0.717) is 12.3 Å². The first-order valence-electron chi connectivity index (χ1n) is 11.8. The van der Waals surface area contributed by atoms with Gasteiger partial charge in [-0.25, -0.2) is 9.97 Å². The van der Waals surface area contributed by atoms with Crippen molar-refractivity contribution >= 4 is 33.3 Å². The van der Waals surface area contributed by atoms with Crippen LogP contribution in [-0.2, 0) is 4.79 Å². The van der Waals surface area contributed by atoms with Crippen LogP contribution in [0.5, 0.6) is 0 Å². The number of benzene rings is 1. The van der Waals surface area contributed by atoms with Crippen molar-refractivity contribution in [3.8, 4) is 11.1 Å². The summed E-state index contributed by atoms with van der Waals surface area (Å²) in [6.07, 6.45) is 7.04. The fourth-order valence-electron chi connectivity index (χ4n) is 5.05. The minimum atomic E-state index is 0.185. The Morgan fingerprint density at radius 3 is 2.78 bits per heavy atom. The van der Waals surface area contributed by atoms with Crippen molar-refractivity contribution < 1.29 is 4.79 Å². The highest BCUT2D eigenvalue weighted by atomic mass is 32.1. The number of thiophene rings is 1. The second kappa shape index (κ2) is 9.96. The summed E-state index contributed by atoms with van der Waals surface area (Å²) in [6, 6.07) is 10.5. The van der Waals surface area contributed by atoms with Crippen LogP contribution in [0, 0.1) is 5.92 Å². The highest BCUT2D eigenvalue weighted by Gasteiger charge is 2.26. The summed E-state index contributed by atoms with van der Waals surface area (Å²) < 4.78 is 0. The van der Waals surface area contributed by atoms with Gasteiger partial charge in [0.15, 0.2) is 0 Å². The Morgan fingerprint density at radius 1 is 1.09 bits per heavy atom. The van der Waals surface area contributed by atoms with Gasteiger partial charge >= 0.3 is 0 Å². The number of hydrogen-bond acceptors (Lipinski definition) is 6. The number of piperidine rings is 1. The van der Waals surface area contributed by atoms with Crippen LogP contribution in [-0.4, -0.2) is 60.0 Å². The van der Waals surface area contributed by atoms with Gasteiger partial charge in [0.05, 0.1) is 5.39 Å². The Balaban J connectivity index is 1.26. The fraction of sp³-hybridized carbons (Fsp3) is 0.480. The van der Waals surface area contributed by atoms with E-state index in [2.05, 4.69) is 49.7 Å². The number of anilines is 1. The smallest absolute Gasteiger partial charge is 0.220 e. The molecule has 168 valence electrons. The monoisotopic (exact) mass is 449 g/mol. The summed E-state index contributed by atoms with van der Waals surface area (Å²) in [6.45, 7) is 5.93. The van der Waals surface area contributed by atoms with Gasteiger partial charge in [-0.15, -0.1) is 11.3 Å². The van der Waals surface area contributed by atoms with Crippen LogP contribution >= 0.6 is 11.3 Å². The number of rotatable bonds is 7. The number of hydrogen-bond donors (Lipinski definition) is 1. The van der Waals surface area contributed by atoms with Crippen molar-refractivity contribution in [3.05, 3.63) is 42.0 Å². The second-order valence-corrected chi connectivity index (χ2v) is 9.81. The van der Waals surface area contributed by atoms with Gasteiger partial charge in [0.2, 0.25) is 5.91 Å². The molecule has 2 saturated heterocycles. The van der Waals surface area contributed by atoms with Crippen LogP contribution in [0.1, 0.15) is 32.1 Å². The topological polar surface area (TPSA) is 61.4 Å². The summed E-state index contributed by atoms with van der Waals surface area (Å²) in [5.74, 6) is 1.55. The van der Waals surface area contributed by atoms with Gasteiger partial charge in [0.25, 0.3) is 0 Å². The molecular weight excluding hydrogens is 418 g/mol. The number of nitrogens with zero attached hydrogens (tertiary/aromatic N) is 4. The summed E-state index contributed by atoms with van der Waals surface area (Å²) >= 11 is 1.67. The van der Waals surface area contributed by atoms with Crippen molar-refractivity contribution in [2.75, 3.05) is 44.2 Å². The van der Waals surface area contributed by atoms with Gasteiger partial charge in [-0.2, -0.15) is 0 Å². The molecule has 1 aromatic carbocycles. The minimum Gasteiger partial charge on any atom is -0.356 e. The van der Waals surface area contributed by atoms with Crippen LogP contribution in [0.15, 0.2) is 42.0 Å². The maximum Gasteiger partial charge on any atom is 0.220 e. The van der Waals surface area contributed by atoms with Gasteiger partial charge in [-0.1, -0.05) is 30.3 Å². The van der Waals surface area contributed by atoms with Gasteiger partial charge in [-0.3, -0.25) is 4.79 Å². The van der Waals surface area contributed by atoms with Gasteiger partial charge < -0.3 is 15.1 Å². The van der Waals surface area contributed by atoms with Crippen molar-refractivity contribution in [3.63, 3.8) is 0 Å². The second-order valence-electron chi connectivity index (χ2n) is 8.95. The minimum absolute atomic E-state index is 0.185. The predicted octanol–water partition coefficient (Wildman–Crippen LogP) is 4.18. The molecule has 2 aliphatic heterocycles. The molecule has 0 radical (unpaired) electrons. The van der Waals surface area contributed by atoms with Crippen LogP contribution in [0.25, 0.3) is 21.3 Å². The molecule has 0 saturated carbocycles. The van der Waals surface area contributed by atoms with E-state index in [-0.39, 0.29) is 5.91 Å². The van der Waals surface area contributed by atoms with Crippen molar-refractivity contribution in [2.45, 2.75) is 32.1 Å². The number of fused-ring (bicyclic) bond motifs is 1. The lowest BCUT2D eigenvalue weighted by atomic mass is 9.94. The first-order chi connectivity index (χ1) is 15.8. The third-order valence-corrected chi connectivity index (χ3v) is 7.56. The van der Waals surface area contributed by atoms with E-state index in [9.17, 15) is 4.79 Å². The molecule has 4 heterocycles. The molecule has 0 aliphatic carbocycles. The molecule has 2 aromatic heterocycles. The summed E-state index contributed by atoms with van der Waals surface area (Å²) in [5.41, 5.74) is 2.39. The van der Waals surface area contributed by atoms with E-state index >= 15 is 0 Å². The molecule has 7 heteroatoms. The summed E-state index contributed by atoms with van der Waals surface area (Å²) in [5, 5.41) is 6.47. The lowest BCUT2D eigenvalue weighted by Crippen LogP contribution is -2.39. The molecule has 5 rings (SSSR count). The molecule has 2 fully saturated rings. The summed E-state index contributed by atoms with van der Waals surface area (Å²) in [4.78, 5) is 27.6. The molecule has 1 N–H and O–H groups in total. The van der Waals surface area contributed by atoms with E-state index in [1.54, 1.807) is 17.7 Å². The number of carbonyl (C=O) groups is 1. The van der Waals surface area contributed by atoms with Crippen LogP contribution in [0.3, 0.4) is 0 Å². The largest absolute Gasteiger partial charge is 0.356 e. The molecule has 32 heavy (non-hydrogen) atoms. The van der Waals surface area contributed by atoms with E-state index in [4.69, 9.17) is 4.98 Å². The van der Waals surface area contributed by atoms with Crippen molar-refractivity contribution in [1.82, 2.24) is 20.2 Å². The number of amides is 1. The third-order valence-electron chi connectivity index (χ3n) is 6.68. The van der Waals surface area contributed by atoms with Gasteiger partial charge in [0, 0.05) is 43.5 Å². The molecule has 1 atom stereocenters. The molecule has 0 spiro atoms. The zero-order valence-corrected chi connectivity index (χ0v) is 19.3. The van der Waals surface area contributed by atoms with E-state index in [1.807, 2.05) is 6.07 Å². The maximum atomic E-state index is 12.6. The van der Waals surface area contributed by atoms with Crippen molar-refractivity contribution in [1.29, 1.82) is 0 Å². The van der Waals surface area contributed by atoms with Crippen LogP contribution in [0.4, 0.5) is 5.82 Å². The maximum absolute atomic E-state index is 12.6.